The van der Waals surface area contributed by atoms with Crippen molar-refractivity contribution >= 4 is 22.4 Å². The molecule has 0 aliphatic carbocycles. The van der Waals surface area contributed by atoms with E-state index in [4.69, 9.17) is 4.74 Å². The van der Waals surface area contributed by atoms with Crippen molar-refractivity contribution < 1.29 is 18.3 Å². The molecular formula is C19H17F2N3O2S. The molecule has 0 aliphatic heterocycles. The molecule has 0 spiro atoms. The van der Waals surface area contributed by atoms with Crippen LogP contribution in [0.2, 0.25) is 0 Å². The zero-order chi connectivity index (χ0) is 19.4. The van der Waals surface area contributed by atoms with Crippen molar-refractivity contribution in [3.05, 3.63) is 70.2 Å². The van der Waals surface area contributed by atoms with E-state index in [0.29, 0.717) is 11.4 Å². The van der Waals surface area contributed by atoms with E-state index < -0.39 is 23.5 Å². The van der Waals surface area contributed by atoms with Crippen molar-refractivity contribution in [3.8, 4) is 5.75 Å². The SMILES string of the molecule is COc1cccc(Cc2nnc(NC(=O)C(C)c3c(F)cccc3F)s2)c1. The molecular weight excluding hydrogens is 372 g/mol. The molecule has 0 radical (unpaired) electrons. The highest BCUT2D eigenvalue weighted by molar-refractivity contribution is 7.15. The molecule has 1 heterocycles. The Morgan fingerprint density at radius 1 is 1.19 bits per heavy atom. The molecule has 1 N–H and O–H groups in total. The average molecular weight is 389 g/mol. The fourth-order valence-electron chi connectivity index (χ4n) is 2.60. The zero-order valence-electron chi connectivity index (χ0n) is 14.7. The molecule has 1 amide bonds. The van der Waals surface area contributed by atoms with Gasteiger partial charge in [-0.1, -0.05) is 29.5 Å². The van der Waals surface area contributed by atoms with E-state index in [1.165, 1.54) is 24.3 Å². The molecule has 3 rings (SSSR count). The van der Waals surface area contributed by atoms with Crippen LogP contribution >= 0.6 is 11.3 Å². The number of nitrogens with zero attached hydrogens (tertiary/aromatic N) is 2. The number of rotatable bonds is 6. The number of amides is 1. The lowest BCUT2D eigenvalue weighted by molar-refractivity contribution is -0.117. The summed E-state index contributed by atoms with van der Waals surface area (Å²) in [5.41, 5.74) is 0.723. The van der Waals surface area contributed by atoms with Gasteiger partial charge in [0, 0.05) is 12.0 Å². The molecule has 5 nitrogen and oxygen atoms in total. The molecule has 1 aromatic heterocycles. The smallest absolute Gasteiger partial charge is 0.233 e. The Hall–Kier alpha value is -2.87. The Balaban J connectivity index is 1.69. The lowest BCUT2D eigenvalue weighted by Crippen LogP contribution is -2.20. The number of aromatic nitrogens is 2. The number of methoxy groups -OCH3 is 1. The van der Waals surface area contributed by atoms with Gasteiger partial charge in [0.25, 0.3) is 0 Å². The Morgan fingerprint density at radius 2 is 1.89 bits per heavy atom. The van der Waals surface area contributed by atoms with Crippen LogP contribution in [0.15, 0.2) is 42.5 Å². The Labute approximate surface area is 159 Å². The number of carbonyl (C=O) groups excluding carboxylic acids is 1. The number of nitrogens with one attached hydrogen (secondary N) is 1. The van der Waals surface area contributed by atoms with Crippen molar-refractivity contribution in [2.45, 2.75) is 19.3 Å². The summed E-state index contributed by atoms with van der Waals surface area (Å²) in [7, 11) is 1.59. The minimum Gasteiger partial charge on any atom is -0.497 e. The highest BCUT2D eigenvalue weighted by atomic mass is 32.1. The summed E-state index contributed by atoms with van der Waals surface area (Å²) in [5.74, 6) is -2.33. The first kappa shape index (κ1) is 18.9. The van der Waals surface area contributed by atoms with Gasteiger partial charge in [0.1, 0.15) is 22.4 Å². The molecule has 0 saturated carbocycles. The second-order valence-corrected chi connectivity index (χ2v) is 6.94. The third-order valence-electron chi connectivity index (χ3n) is 4.01. The van der Waals surface area contributed by atoms with Crippen molar-refractivity contribution in [2.24, 2.45) is 0 Å². The average Bonchev–Trinajstić information content (AvgIpc) is 3.08. The van der Waals surface area contributed by atoms with Gasteiger partial charge in [-0.15, -0.1) is 10.2 Å². The van der Waals surface area contributed by atoms with Crippen LogP contribution in [0.4, 0.5) is 13.9 Å². The Bertz CT molecular complexity index is 941. The molecule has 8 heteroatoms. The predicted octanol–water partition coefficient (Wildman–Crippen LogP) is 4.16. The third-order valence-corrected chi connectivity index (χ3v) is 4.85. The summed E-state index contributed by atoms with van der Waals surface area (Å²) < 4.78 is 32.9. The van der Waals surface area contributed by atoms with Crippen molar-refractivity contribution in [3.63, 3.8) is 0 Å². The summed E-state index contributed by atoms with van der Waals surface area (Å²) in [4.78, 5) is 12.3. The molecule has 2 aromatic carbocycles. The minimum absolute atomic E-state index is 0.267. The molecule has 0 aliphatic rings. The van der Waals surface area contributed by atoms with E-state index >= 15 is 0 Å². The van der Waals surface area contributed by atoms with Crippen LogP contribution in [0, 0.1) is 11.6 Å². The Morgan fingerprint density at radius 3 is 2.59 bits per heavy atom. The standard InChI is InChI=1S/C19H17F2N3O2S/c1-11(17-14(20)7-4-8-15(17)21)18(25)22-19-24-23-16(27-19)10-12-5-3-6-13(9-12)26-2/h3-9,11H,10H2,1-2H3,(H,22,24,25). The maximum Gasteiger partial charge on any atom is 0.233 e. The lowest BCUT2D eigenvalue weighted by atomic mass is 9.99. The number of halogens is 2. The largest absolute Gasteiger partial charge is 0.497 e. The van der Waals surface area contributed by atoms with Crippen LogP contribution < -0.4 is 10.1 Å². The molecule has 27 heavy (non-hydrogen) atoms. The fourth-order valence-corrected chi connectivity index (χ4v) is 3.38. The summed E-state index contributed by atoms with van der Waals surface area (Å²) in [6.07, 6.45) is 0.530. The molecule has 0 bridgehead atoms. The van der Waals surface area contributed by atoms with Gasteiger partial charge in [0.15, 0.2) is 0 Å². The highest BCUT2D eigenvalue weighted by Crippen LogP contribution is 2.25. The van der Waals surface area contributed by atoms with Crippen LogP contribution in [-0.2, 0) is 11.2 Å². The summed E-state index contributed by atoms with van der Waals surface area (Å²) >= 11 is 1.21. The second kappa shape index (κ2) is 8.22. The van der Waals surface area contributed by atoms with Gasteiger partial charge in [-0.2, -0.15) is 0 Å². The van der Waals surface area contributed by atoms with E-state index in [0.717, 1.165) is 23.4 Å². The highest BCUT2D eigenvalue weighted by Gasteiger charge is 2.23. The monoisotopic (exact) mass is 389 g/mol. The minimum atomic E-state index is -1.00. The van der Waals surface area contributed by atoms with Gasteiger partial charge in [0.05, 0.1) is 13.0 Å². The van der Waals surface area contributed by atoms with E-state index in [9.17, 15) is 13.6 Å². The Kier molecular flexibility index (Phi) is 5.75. The first-order chi connectivity index (χ1) is 13.0. The van der Waals surface area contributed by atoms with Gasteiger partial charge in [-0.3, -0.25) is 10.1 Å². The summed E-state index contributed by atoms with van der Waals surface area (Å²) in [6.45, 7) is 1.44. The maximum atomic E-state index is 13.9. The van der Waals surface area contributed by atoms with Crippen LogP contribution in [0.25, 0.3) is 0 Å². The van der Waals surface area contributed by atoms with Gasteiger partial charge in [-0.25, -0.2) is 8.78 Å². The number of ether oxygens (including phenoxy) is 1. The number of hydrogen-bond acceptors (Lipinski definition) is 5. The quantitative estimate of drug-likeness (QED) is 0.688. The first-order valence-electron chi connectivity index (χ1n) is 8.18. The van der Waals surface area contributed by atoms with Gasteiger partial charge < -0.3 is 4.74 Å². The van der Waals surface area contributed by atoms with E-state index in [1.54, 1.807) is 7.11 Å². The third kappa shape index (κ3) is 4.46. The van der Waals surface area contributed by atoms with Gasteiger partial charge in [-0.05, 0) is 36.8 Å². The molecule has 0 saturated heterocycles. The van der Waals surface area contributed by atoms with Crippen molar-refractivity contribution in [1.29, 1.82) is 0 Å². The first-order valence-corrected chi connectivity index (χ1v) is 8.99. The topological polar surface area (TPSA) is 64.1 Å². The van der Waals surface area contributed by atoms with Crippen molar-refractivity contribution in [1.82, 2.24) is 10.2 Å². The van der Waals surface area contributed by atoms with E-state index in [-0.39, 0.29) is 10.7 Å². The van der Waals surface area contributed by atoms with E-state index in [2.05, 4.69) is 15.5 Å². The summed E-state index contributed by atoms with van der Waals surface area (Å²) in [5, 5.41) is 11.5. The van der Waals surface area contributed by atoms with Crippen LogP contribution in [0.1, 0.15) is 29.0 Å². The molecule has 3 aromatic rings. The second-order valence-electron chi connectivity index (χ2n) is 5.88. The lowest BCUT2D eigenvalue weighted by Gasteiger charge is -2.12. The summed E-state index contributed by atoms with van der Waals surface area (Å²) in [6, 6.07) is 11.1. The number of hydrogen-bond donors (Lipinski definition) is 1. The molecule has 0 fully saturated rings. The maximum absolute atomic E-state index is 13.9. The van der Waals surface area contributed by atoms with Gasteiger partial charge in [0.2, 0.25) is 11.0 Å². The molecule has 140 valence electrons. The predicted molar refractivity (Wildman–Crippen MR) is 99.1 cm³/mol. The van der Waals surface area contributed by atoms with Gasteiger partial charge >= 0.3 is 0 Å². The number of carbonyl (C=O) groups is 1. The number of anilines is 1. The van der Waals surface area contributed by atoms with Crippen LogP contribution in [0.3, 0.4) is 0 Å². The zero-order valence-corrected chi connectivity index (χ0v) is 15.5. The fraction of sp³-hybridized carbons (Fsp3) is 0.211. The van der Waals surface area contributed by atoms with Crippen LogP contribution in [-0.4, -0.2) is 23.2 Å². The van der Waals surface area contributed by atoms with E-state index in [1.807, 2.05) is 24.3 Å². The van der Waals surface area contributed by atoms with Crippen LogP contribution in [0.5, 0.6) is 5.75 Å². The molecule has 1 atom stereocenters. The van der Waals surface area contributed by atoms with Crippen molar-refractivity contribution in [2.75, 3.05) is 12.4 Å². The molecule has 1 unspecified atom stereocenters. The normalized spacial score (nSPS) is 11.9. The number of benzene rings is 2.